The maximum Gasteiger partial charge on any atom is 0.416 e. The summed E-state index contributed by atoms with van der Waals surface area (Å²) in [7, 11) is 0. The number of aromatic nitrogens is 2. The number of alkyl halides is 3. The molecule has 0 radical (unpaired) electrons. The van der Waals surface area contributed by atoms with Crippen molar-refractivity contribution in [1.82, 2.24) is 9.97 Å². The Morgan fingerprint density at radius 2 is 1.68 bits per heavy atom. The van der Waals surface area contributed by atoms with Crippen molar-refractivity contribution in [2.75, 3.05) is 0 Å². The zero-order valence-corrected chi connectivity index (χ0v) is 14.5. The molecule has 2 rings (SSSR count). The van der Waals surface area contributed by atoms with Crippen LogP contribution in [0.1, 0.15) is 37.7 Å². The van der Waals surface area contributed by atoms with E-state index in [1.807, 2.05) is 0 Å². The molecular weight excluding hydrogens is 358 g/mol. The fourth-order valence-corrected chi connectivity index (χ4v) is 2.38. The van der Waals surface area contributed by atoms with Gasteiger partial charge in [-0.2, -0.15) is 13.2 Å². The minimum atomic E-state index is -4.73. The zero-order valence-electron chi connectivity index (χ0n) is 13.6. The van der Waals surface area contributed by atoms with Gasteiger partial charge < -0.3 is 4.55 Å². The molecule has 0 saturated heterocycles. The number of halogens is 4. The van der Waals surface area contributed by atoms with Crippen LogP contribution in [0.3, 0.4) is 0 Å². The van der Waals surface area contributed by atoms with Gasteiger partial charge in [0.2, 0.25) is 0 Å². The van der Waals surface area contributed by atoms with Crippen molar-refractivity contribution in [3.63, 3.8) is 0 Å². The summed E-state index contributed by atoms with van der Waals surface area (Å²) in [5.74, 6) is -1.13. The molecule has 0 bridgehead atoms. The third kappa shape index (κ3) is 4.99. The SMILES string of the molecule is CC(C)(C)[S@@+]([O-])N=C(c1cc(F)cc(C(F)(F)F)c1)c1ncccn1. The number of rotatable bonds is 3. The Hall–Kier alpha value is -2.00. The predicted octanol–water partition coefficient (Wildman–Crippen LogP) is 3.93. The molecule has 0 aliphatic rings. The van der Waals surface area contributed by atoms with Crippen molar-refractivity contribution in [1.29, 1.82) is 0 Å². The van der Waals surface area contributed by atoms with Gasteiger partial charge in [0.25, 0.3) is 0 Å². The summed E-state index contributed by atoms with van der Waals surface area (Å²) < 4.78 is 68.2. The summed E-state index contributed by atoms with van der Waals surface area (Å²) in [5, 5.41) is 0. The summed E-state index contributed by atoms with van der Waals surface area (Å²) in [6, 6.07) is 3.50. The summed E-state index contributed by atoms with van der Waals surface area (Å²) in [6.07, 6.45) is -2.01. The van der Waals surface area contributed by atoms with Gasteiger partial charge in [0.15, 0.2) is 11.5 Å². The molecule has 134 valence electrons. The van der Waals surface area contributed by atoms with Crippen molar-refractivity contribution in [2.24, 2.45) is 4.40 Å². The lowest BCUT2D eigenvalue weighted by molar-refractivity contribution is -0.137. The molecule has 4 nitrogen and oxygen atoms in total. The Balaban J connectivity index is 2.65. The molecule has 1 aromatic heterocycles. The van der Waals surface area contributed by atoms with Crippen LogP contribution in [0.4, 0.5) is 17.6 Å². The van der Waals surface area contributed by atoms with Crippen LogP contribution in [-0.4, -0.2) is 25.0 Å². The highest BCUT2D eigenvalue weighted by Gasteiger charge is 2.33. The standard InChI is InChI=1S/C16H15F4N3OS/c1-15(2,3)25(24)23-13(14-21-5-4-6-22-14)10-7-11(16(18,19)20)9-12(17)8-10/h4-9H,1-3H3/t25-/m1/s1. The zero-order chi connectivity index (χ0) is 18.8. The van der Waals surface area contributed by atoms with E-state index in [9.17, 15) is 22.1 Å². The normalized spacial score (nSPS) is 14.5. The first kappa shape index (κ1) is 19.3. The highest BCUT2D eigenvalue weighted by molar-refractivity contribution is 7.91. The third-order valence-electron chi connectivity index (χ3n) is 2.97. The summed E-state index contributed by atoms with van der Waals surface area (Å²) in [5.41, 5.74) is -1.54. The number of hydrogen-bond donors (Lipinski definition) is 0. The van der Waals surface area contributed by atoms with Crippen LogP contribution in [0.2, 0.25) is 0 Å². The van der Waals surface area contributed by atoms with Gasteiger partial charge in [-0.3, -0.25) is 0 Å². The fraction of sp³-hybridized carbons (Fsp3) is 0.312. The first-order valence-electron chi connectivity index (χ1n) is 7.15. The van der Waals surface area contributed by atoms with Gasteiger partial charge in [-0.15, -0.1) is 0 Å². The number of nitrogens with zero attached hydrogens (tertiary/aromatic N) is 3. The molecule has 0 unspecified atom stereocenters. The maximum absolute atomic E-state index is 13.7. The second kappa shape index (κ2) is 7.09. The summed E-state index contributed by atoms with van der Waals surface area (Å²) in [4.78, 5) is 7.86. The van der Waals surface area contributed by atoms with Crippen molar-refractivity contribution in [3.05, 3.63) is 59.4 Å². The molecule has 0 fully saturated rings. The van der Waals surface area contributed by atoms with Gasteiger partial charge in [0, 0.05) is 18.0 Å². The van der Waals surface area contributed by atoms with Gasteiger partial charge >= 0.3 is 6.18 Å². The molecule has 2 aromatic rings. The monoisotopic (exact) mass is 373 g/mol. The Kier molecular flexibility index (Phi) is 5.48. The van der Waals surface area contributed by atoms with Crippen LogP contribution >= 0.6 is 0 Å². The van der Waals surface area contributed by atoms with E-state index in [2.05, 4.69) is 14.4 Å². The van der Waals surface area contributed by atoms with E-state index in [1.165, 1.54) is 18.5 Å². The highest BCUT2D eigenvalue weighted by atomic mass is 32.2. The van der Waals surface area contributed by atoms with Gasteiger partial charge in [0.1, 0.15) is 21.9 Å². The predicted molar refractivity (Wildman–Crippen MR) is 87.0 cm³/mol. The van der Waals surface area contributed by atoms with Crippen LogP contribution in [0.25, 0.3) is 0 Å². The lowest BCUT2D eigenvalue weighted by Crippen LogP contribution is -2.27. The molecule has 0 N–H and O–H groups in total. The van der Waals surface area contributed by atoms with Crippen LogP contribution in [0.5, 0.6) is 0 Å². The van der Waals surface area contributed by atoms with Crippen LogP contribution < -0.4 is 0 Å². The first-order valence-corrected chi connectivity index (χ1v) is 8.25. The van der Waals surface area contributed by atoms with Gasteiger partial charge in [-0.25, -0.2) is 14.4 Å². The van der Waals surface area contributed by atoms with Crippen LogP contribution in [0.15, 0.2) is 41.1 Å². The molecule has 1 atom stereocenters. The van der Waals surface area contributed by atoms with E-state index in [-0.39, 0.29) is 17.1 Å². The lowest BCUT2D eigenvalue weighted by Gasteiger charge is -2.19. The molecule has 0 saturated carbocycles. The van der Waals surface area contributed by atoms with Crippen LogP contribution in [-0.2, 0) is 17.5 Å². The molecule has 0 aliphatic heterocycles. The molecular formula is C16H15F4N3OS. The Bertz CT molecular complexity index is 773. The second-order valence-electron chi connectivity index (χ2n) is 6.10. The highest BCUT2D eigenvalue weighted by Crippen LogP contribution is 2.31. The van der Waals surface area contributed by atoms with Crippen molar-refractivity contribution in [3.8, 4) is 0 Å². The van der Waals surface area contributed by atoms with Crippen LogP contribution in [0, 0.1) is 5.82 Å². The molecule has 0 aliphatic carbocycles. The molecule has 1 heterocycles. The van der Waals surface area contributed by atoms with E-state index in [0.29, 0.717) is 6.07 Å². The smallest absolute Gasteiger partial charge is 0.416 e. The number of hydrogen-bond acceptors (Lipinski definition) is 4. The summed E-state index contributed by atoms with van der Waals surface area (Å²) >= 11 is -1.80. The third-order valence-corrected chi connectivity index (χ3v) is 4.37. The fourth-order valence-electron chi connectivity index (χ4n) is 1.75. The average Bonchev–Trinajstić information content (AvgIpc) is 2.50. The van der Waals surface area contributed by atoms with E-state index in [4.69, 9.17) is 0 Å². The minimum absolute atomic E-state index is 0.0428. The van der Waals surface area contributed by atoms with E-state index in [0.717, 1.165) is 12.1 Å². The van der Waals surface area contributed by atoms with Gasteiger partial charge in [0.05, 0.1) is 5.56 Å². The molecule has 1 aromatic carbocycles. The lowest BCUT2D eigenvalue weighted by atomic mass is 10.1. The van der Waals surface area contributed by atoms with Gasteiger partial charge in [-0.05, 0) is 45.0 Å². The largest absolute Gasteiger partial charge is 0.591 e. The average molecular weight is 373 g/mol. The van der Waals surface area contributed by atoms with Gasteiger partial charge in [-0.1, -0.05) is 4.40 Å². The maximum atomic E-state index is 13.7. The molecule has 25 heavy (non-hydrogen) atoms. The molecule has 9 heteroatoms. The van der Waals surface area contributed by atoms with E-state index in [1.54, 1.807) is 20.8 Å². The van der Waals surface area contributed by atoms with Crippen molar-refractivity contribution in [2.45, 2.75) is 31.7 Å². The minimum Gasteiger partial charge on any atom is -0.591 e. The second-order valence-corrected chi connectivity index (χ2v) is 8.01. The summed E-state index contributed by atoms with van der Waals surface area (Å²) in [6.45, 7) is 4.97. The quantitative estimate of drug-likeness (QED) is 0.465. The number of benzene rings is 1. The Labute approximate surface area is 145 Å². The molecule has 0 spiro atoms. The van der Waals surface area contributed by atoms with E-state index >= 15 is 0 Å². The molecule has 0 amide bonds. The van der Waals surface area contributed by atoms with Crippen molar-refractivity contribution < 1.29 is 22.1 Å². The van der Waals surface area contributed by atoms with Crippen molar-refractivity contribution >= 4 is 17.1 Å². The Morgan fingerprint density at radius 1 is 1.08 bits per heavy atom. The first-order chi connectivity index (χ1) is 11.5. The van der Waals surface area contributed by atoms with E-state index < -0.39 is 33.7 Å². The topological polar surface area (TPSA) is 61.2 Å². The Morgan fingerprint density at radius 3 is 2.20 bits per heavy atom.